The first-order valence-electron chi connectivity index (χ1n) is 10.6. The van der Waals surface area contributed by atoms with Crippen molar-refractivity contribution in [2.24, 2.45) is 0 Å². The molecule has 5 nitrogen and oxygen atoms in total. The molecule has 3 aromatic carbocycles. The van der Waals surface area contributed by atoms with Crippen molar-refractivity contribution >= 4 is 53.0 Å². The molecule has 0 radical (unpaired) electrons. The number of carbonyl (C=O) groups is 2. The van der Waals surface area contributed by atoms with Gasteiger partial charge in [-0.25, -0.2) is 0 Å². The smallest absolute Gasteiger partial charge is 0.256 e. The van der Waals surface area contributed by atoms with E-state index in [1.807, 2.05) is 30.3 Å². The zero-order chi connectivity index (χ0) is 20.5. The molecule has 2 heterocycles. The molecule has 0 spiro atoms. The first-order chi connectivity index (χ1) is 14.7. The van der Waals surface area contributed by atoms with Crippen LogP contribution in [0.5, 0.6) is 0 Å². The van der Waals surface area contributed by atoms with Gasteiger partial charge in [0.05, 0.1) is 0 Å². The number of Topliss-reactive ketones (excluding diaryl/α,β-unsaturated/α-hetero) is 1. The molecule has 1 N–H and O–H groups in total. The average Bonchev–Trinajstić information content (AvgIpc) is 3.11. The van der Waals surface area contributed by atoms with E-state index in [2.05, 4.69) is 45.4 Å². The molecule has 0 unspecified atom stereocenters. The number of hydrogen-bond acceptors (Lipinski definition) is 4. The Labute approximate surface area is 200 Å². The maximum absolute atomic E-state index is 13.0. The van der Waals surface area contributed by atoms with Gasteiger partial charge in [0, 0.05) is 67.9 Å². The molecule has 2 aliphatic rings. The summed E-state index contributed by atoms with van der Waals surface area (Å²) in [5.74, 6) is 0.0540. The molecule has 1 saturated heterocycles. The number of amides is 1. The number of piperazine rings is 1. The van der Waals surface area contributed by atoms with Crippen molar-refractivity contribution in [1.82, 2.24) is 9.80 Å². The molecule has 0 saturated carbocycles. The average molecular weight is 472 g/mol. The van der Waals surface area contributed by atoms with Crippen molar-refractivity contribution in [3.8, 4) is 0 Å². The van der Waals surface area contributed by atoms with Crippen LogP contribution in [-0.2, 0) is 6.54 Å². The van der Waals surface area contributed by atoms with Crippen LogP contribution in [0.3, 0.4) is 0 Å². The van der Waals surface area contributed by atoms with Crippen molar-refractivity contribution in [3.63, 3.8) is 0 Å². The fourth-order valence-electron chi connectivity index (χ4n) is 4.54. The Bertz CT molecular complexity index is 1110. The van der Waals surface area contributed by atoms with E-state index in [1.165, 1.54) is 5.56 Å². The first-order valence-corrected chi connectivity index (χ1v) is 10.6. The molecule has 32 heavy (non-hydrogen) atoms. The summed E-state index contributed by atoms with van der Waals surface area (Å²) in [6.07, 6.45) is 0.499. The molecule has 168 valence electrons. The van der Waals surface area contributed by atoms with Gasteiger partial charge < -0.3 is 10.2 Å². The molecular weight excluding hydrogens is 445 g/mol. The minimum absolute atomic E-state index is 0. The van der Waals surface area contributed by atoms with Gasteiger partial charge in [-0.2, -0.15) is 0 Å². The van der Waals surface area contributed by atoms with E-state index in [9.17, 15) is 9.59 Å². The number of benzene rings is 3. The molecule has 0 atom stereocenters. The van der Waals surface area contributed by atoms with Gasteiger partial charge in [0.15, 0.2) is 5.78 Å². The van der Waals surface area contributed by atoms with E-state index >= 15 is 0 Å². The van der Waals surface area contributed by atoms with Crippen molar-refractivity contribution in [1.29, 1.82) is 0 Å². The minimum Gasteiger partial charge on any atom is -0.321 e. The number of halogens is 2. The minimum atomic E-state index is -0.0893. The van der Waals surface area contributed by atoms with Crippen molar-refractivity contribution < 1.29 is 9.59 Å². The molecule has 0 aromatic heterocycles. The normalized spacial score (nSPS) is 15.7. The second kappa shape index (κ2) is 10.5. The van der Waals surface area contributed by atoms with Crippen LogP contribution in [0, 0.1) is 0 Å². The first kappa shape index (κ1) is 24.2. The lowest BCUT2D eigenvalue weighted by Gasteiger charge is -2.34. The lowest BCUT2D eigenvalue weighted by molar-refractivity contribution is 0.0923. The van der Waals surface area contributed by atoms with E-state index in [0.29, 0.717) is 12.0 Å². The lowest BCUT2D eigenvalue weighted by Crippen LogP contribution is -2.46. The standard InChI is InChI=1S/C25H25N3O2.2ClH/c29-23(19-9-10-22-24-20(19)7-4-8-21(24)25(30)26-22)11-12-27-13-15-28(16-14-27)17-18-5-2-1-3-6-18;;/h1-10H,11-17H2,(H,26,30);2*1H. The number of rotatable bonds is 6. The summed E-state index contributed by atoms with van der Waals surface area (Å²) in [4.78, 5) is 29.9. The highest BCUT2D eigenvalue weighted by atomic mass is 35.5. The monoisotopic (exact) mass is 471 g/mol. The maximum atomic E-state index is 13.0. The summed E-state index contributed by atoms with van der Waals surface area (Å²) in [6, 6.07) is 19.9. The number of ketones is 1. The summed E-state index contributed by atoms with van der Waals surface area (Å²) in [5.41, 5.74) is 3.53. The van der Waals surface area contributed by atoms with Gasteiger partial charge in [-0.05, 0) is 29.1 Å². The maximum Gasteiger partial charge on any atom is 0.256 e. The number of hydrogen-bond donors (Lipinski definition) is 1. The van der Waals surface area contributed by atoms with Gasteiger partial charge in [0.1, 0.15) is 0 Å². The largest absolute Gasteiger partial charge is 0.321 e. The van der Waals surface area contributed by atoms with Gasteiger partial charge in [-0.1, -0.05) is 42.5 Å². The third-order valence-corrected chi connectivity index (χ3v) is 6.20. The van der Waals surface area contributed by atoms with E-state index < -0.39 is 0 Å². The van der Waals surface area contributed by atoms with Gasteiger partial charge in [0.2, 0.25) is 0 Å². The van der Waals surface area contributed by atoms with E-state index in [0.717, 1.165) is 61.3 Å². The van der Waals surface area contributed by atoms with Crippen LogP contribution in [0.1, 0.15) is 32.7 Å². The third kappa shape index (κ3) is 4.81. The molecule has 0 bridgehead atoms. The lowest BCUT2D eigenvalue weighted by atomic mass is 9.97. The van der Waals surface area contributed by atoms with Gasteiger partial charge in [0.25, 0.3) is 5.91 Å². The van der Waals surface area contributed by atoms with Crippen molar-refractivity contribution in [3.05, 3.63) is 77.4 Å². The number of anilines is 1. The van der Waals surface area contributed by atoms with E-state index in [4.69, 9.17) is 0 Å². The predicted octanol–water partition coefficient (Wildman–Crippen LogP) is 4.64. The molecule has 3 aromatic rings. The quantitative estimate of drug-likeness (QED) is 0.532. The van der Waals surface area contributed by atoms with Crippen LogP contribution in [0.25, 0.3) is 10.8 Å². The Morgan fingerprint density at radius 1 is 0.844 bits per heavy atom. The van der Waals surface area contributed by atoms with Gasteiger partial charge >= 0.3 is 0 Å². The highest BCUT2D eigenvalue weighted by molar-refractivity contribution is 6.26. The summed E-state index contributed by atoms with van der Waals surface area (Å²) >= 11 is 0. The van der Waals surface area contributed by atoms with Crippen LogP contribution < -0.4 is 5.32 Å². The molecule has 2 aliphatic heterocycles. The molecular formula is C25H27Cl2N3O2. The molecule has 7 heteroatoms. The van der Waals surface area contributed by atoms with Crippen LogP contribution in [-0.4, -0.2) is 54.2 Å². The highest BCUT2D eigenvalue weighted by Crippen LogP contribution is 2.35. The molecule has 1 amide bonds. The number of nitrogens with one attached hydrogen (secondary N) is 1. The number of nitrogens with zero attached hydrogens (tertiary/aromatic N) is 2. The molecule has 1 fully saturated rings. The fourth-order valence-corrected chi connectivity index (χ4v) is 4.54. The second-order valence-electron chi connectivity index (χ2n) is 8.12. The van der Waals surface area contributed by atoms with Gasteiger partial charge in [-0.15, -0.1) is 24.8 Å². The summed E-state index contributed by atoms with van der Waals surface area (Å²) in [6.45, 7) is 5.79. The predicted molar refractivity (Wildman–Crippen MR) is 134 cm³/mol. The number of carbonyl (C=O) groups excluding carboxylic acids is 2. The Hall–Kier alpha value is -2.44. The van der Waals surface area contributed by atoms with E-state index in [-0.39, 0.29) is 36.5 Å². The Kier molecular flexibility index (Phi) is 7.91. The highest BCUT2D eigenvalue weighted by Gasteiger charge is 2.24. The Balaban J connectivity index is 0.00000144. The van der Waals surface area contributed by atoms with Crippen LogP contribution in [0.4, 0.5) is 5.69 Å². The van der Waals surface area contributed by atoms with E-state index in [1.54, 1.807) is 0 Å². The topological polar surface area (TPSA) is 52.7 Å². The summed E-state index contributed by atoms with van der Waals surface area (Å²) in [7, 11) is 0. The second-order valence-corrected chi connectivity index (χ2v) is 8.12. The van der Waals surface area contributed by atoms with Crippen molar-refractivity contribution in [2.45, 2.75) is 13.0 Å². The summed E-state index contributed by atoms with van der Waals surface area (Å²) < 4.78 is 0. The molecule has 5 rings (SSSR count). The molecule has 0 aliphatic carbocycles. The zero-order valence-corrected chi connectivity index (χ0v) is 19.4. The Morgan fingerprint density at radius 3 is 2.31 bits per heavy atom. The van der Waals surface area contributed by atoms with Crippen LogP contribution >= 0.6 is 24.8 Å². The SMILES string of the molecule is Cl.Cl.O=C(CCN1CCN(Cc2ccccc2)CC1)c1ccc2c3c(cccc13)C(=O)N2. The van der Waals surface area contributed by atoms with Gasteiger partial charge in [-0.3, -0.25) is 14.5 Å². The fraction of sp³-hybridized carbons (Fsp3) is 0.280. The van der Waals surface area contributed by atoms with Crippen molar-refractivity contribution in [2.75, 3.05) is 38.0 Å². The summed E-state index contributed by atoms with van der Waals surface area (Å²) in [5, 5.41) is 4.63. The third-order valence-electron chi connectivity index (χ3n) is 6.20. The van der Waals surface area contributed by atoms with Crippen LogP contribution in [0.2, 0.25) is 0 Å². The zero-order valence-electron chi connectivity index (χ0n) is 17.8. The Morgan fingerprint density at radius 2 is 1.56 bits per heavy atom. The van der Waals surface area contributed by atoms with Crippen LogP contribution in [0.15, 0.2) is 60.7 Å².